The standard InChI is InChI=1S/C44H68O13Si2/c1-43(2,3)58(11,12)56-35(26-34-33(23-24-38(50-9)52-34)54-41(46)28-15-19-30(48-7)20-16-28)36(57-59(13,14)44(4,5)6)27-37-40(32(45)25-39(51-10)53-37)55-42(47)29-17-21-31(49-8)22-18-29/h15-24,32-40,45H,25-27H2,1-14H3/t32-,33+,34-,35-,36-,37-,38+,39+,40+/m1/s1. The van der Waals surface area contributed by atoms with Crippen LogP contribution in [0.15, 0.2) is 60.7 Å². The van der Waals surface area contributed by atoms with E-state index in [4.69, 9.17) is 46.7 Å². The van der Waals surface area contributed by atoms with Crippen LogP contribution in [0.1, 0.15) is 81.5 Å². The molecule has 0 saturated carbocycles. The zero-order valence-corrected chi connectivity index (χ0v) is 39.4. The van der Waals surface area contributed by atoms with Crippen LogP contribution in [0.3, 0.4) is 0 Å². The van der Waals surface area contributed by atoms with E-state index in [-0.39, 0.29) is 29.3 Å². The smallest absolute Gasteiger partial charge is 0.338 e. The molecule has 2 aromatic carbocycles. The third-order valence-electron chi connectivity index (χ3n) is 12.1. The number of esters is 2. The fourth-order valence-corrected chi connectivity index (χ4v) is 9.14. The third-order valence-corrected chi connectivity index (χ3v) is 21.1. The van der Waals surface area contributed by atoms with Crippen molar-refractivity contribution < 1.29 is 61.4 Å². The van der Waals surface area contributed by atoms with Crippen LogP contribution in [-0.2, 0) is 37.3 Å². The molecule has 9 atom stereocenters. The fourth-order valence-electron chi connectivity index (χ4n) is 6.42. The molecule has 2 aliphatic heterocycles. The Morgan fingerprint density at radius 1 is 0.678 bits per heavy atom. The lowest BCUT2D eigenvalue weighted by Gasteiger charge is -2.48. The molecule has 0 radical (unpaired) electrons. The Kier molecular flexibility index (Phi) is 16.6. The van der Waals surface area contributed by atoms with Gasteiger partial charge in [0.15, 0.2) is 35.3 Å². The van der Waals surface area contributed by atoms with E-state index in [1.54, 1.807) is 82.0 Å². The summed E-state index contributed by atoms with van der Waals surface area (Å²) in [5.74, 6) is 0.0607. The molecule has 1 fully saturated rings. The summed E-state index contributed by atoms with van der Waals surface area (Å²) in [5, 5.41) is 11.2. The number of aliphatic hydroxyl groups excluding tert-OH is 1. The average molecular weight is 861 g/mol. The molecule has 0 spiro atoms. The van der Waals surface area contributed by atoms with Crippen molar-refractivity contribution in [3.63, 3.8) is 0 Å². The van der Waals surface area contributed by atoms with Crippen molar-refractivity contribution >= 4 is 28.6 Å². The molecule has 13 nitrogen and oxygen atoms in total. The highest BCUT2D eigenvalue weighted by atomic mass is 28.4. The van der Waals surface area contributed by atoms with Gasteiger partial charge < -0.3 is 51.9 Å². The molecule has 0 bridgehead atoms. The number of aliphatic hydroxyl groups is 1. The SMILES string of the molecule is COc1ccc(C(=O)O[C@H]2[C@H](O)C[C@@H](OC)O[C@@H]2C[C@@H](O[Si](C)(C)C(C)(C)C)[C@@H](C[C@H]2O[C@H](OC)C=C[C@@H]2OC(=O)c2ccc(OC)cc2)O[Si](C)(C)C(C)(C)C)cc1. The van der Waals surface area contributed by atoms with Crippen LogP contribution < -0.4 is 9.47 Å². The van der Waals surface area contributed by atoms with Crippen molar-refractivity contribution in [1.29, 1.82) is 0 Å². The molecule has 15 heteroatoms. The van der Waals surface area contributed by atoms with Gasteiger partial charge in [-0.15, -0.1) is 0 Å². The van der Waals surface area contributed by atoms with Gasteiger partial charge in [-0.1, -0.05) is 41.5 Å². The third kappa shape index (κ3) is 12.7. The van der Waals surface area contributed by atoms with Gasteiger partial charge in [-0.05, 0) is 96.9 Å². The number of benzene rings is 2. The summed E-state index contributed by atoms with van der Waals surface area (Å²) in [7, 11) is 1.02. The second-order valence-electron chi connectivity index (χ2n) is 18.3. The summed E-state index contributed by atoms with van der Waals surface area (Å²) in [6.45, 7) is 21.7. The molecule has 330 valence electrons. The number of rotatable bonds is 17. The van der Waals surface area contributed by atoms with E-state index in [2.05, 4.69) is 67.7 Å². The predicted octanol–water partition coefficient (Wildman–Crippen LogP) is 8.07. The van der Waals surface area contributed by atoms with E-state index in [0.717, 1.165) is 0 Å². The average Bonchev–Trinajstić information content (AvgIpc) is 3.17. The fraction of sp³-hybridized carbons (Fsp3) is 0.636. The summed E-state index contributed by atoms with van der Waals surface area (Å²) in [6.07, 6.45) is -3.37. The lowest BCUT2D eigenvalue weighted by atomic mass is 9.92. The summed E-state index contributed by atoms with van der Waals surface area (Å²) in [6, 6.07) is 13.3. The van der Waals surface area contributed by atoms with E-state index in [0.29, 0.717) is 22.6 Å². The van der Waals surface area contributed by atoms with E-state index in [1.165, 1.54) is 7.11 Å². The lowest BCUT2D eigenvalue weighted by molar-refractivity contribution is -0.248. The Morgan fingerprint density at radius 3 is 1.56 bits per heavy atom. The van der Waals surface area contributed by atoms with Gasteiger partial charge >= 0.3 is 11.9 Å². The zero-order chi connectivity index (χ0) is 43.9. The molecule has 1 saturated heterocycles. The second-order valence-corrected chi connectivity index (χ2v) is 27.8. The maximum Gasteiger partial charge on any atom is 0.338 e. The first-order chi connectivity index (χ1) is 27.5. The molecule has 59 heavy (non-hydrogen) atoms. The van der Waals surface area contributed by atoms with Gasteiger partial charge in [0.25, 0.3) is 0 Å². The van der Waals surface area contributed by atoms with Crippen LogP contribution in [0, 0.1) is 0 Å². The monoisotopic (exact) mass is 860 g/mol. The Hall–Kier alpha value is -3.13. The first-order valence-corrected chi connectivity index (χ1v) is 26.1. The van der Waals surface area contributed by atoms with Crippen molar-refractivity contribution in [2.75, 3.05) is 28.4 Å². The molecule has 1 N–H and O–H groups in total. The molecular formula is C44H68O13Si2. The van der Waals surface area contributed by atoms with Crippen molar-refractivity contribution in [2.45, 2.75) is 152 Å². The van der Waals surface area contributed by atoms with Gasteiger partial charge in [-0.25, -0.2) is 9.59 Å². The minimum absolute atomic E-state index is 0.0904. The molecule has 0 aliphatic carbocycles. The van der Waals surface area contributed by atoms with E-state index in [9.17, 15) is 14.7 Å². The summed E-state index contributed by atoms with van der Waals surface area (Å²) < 4.78 is 61.7. The number of hydrogen-bond donors (Lipinski definition) is 1. The Bertz CT molecular complexity index is 1680. The maximum absolute atomic E-state index is 13.6. The van der Waals surface area contributed by atoms with Crippen molar-refractivity contribution in [1.82, 2.24) is 0 Å². The molecule has 0 amide bonds. The van der Waals surface area contributed by atoms with Gasteiger partial charge in [-0.2, -0.15) is 0 Å². The predicted molar refractivity (Wildman–Crippen MR) is 229 cm³/mol. The Balaban J connectivity index is 1.78. The van der Waals surface area contributed by atoms with Crippen LogP contribution >= 0.6 is 0 Å². The minimum Gasteiger partial charge on any atom is -0.497 e. The lowest BCUT2D eigenvalue weighted by Crippen LogP contribution is -2.57. The highest BCUT2D eigenvalue weighted by Gasteiger charge is 2.49. The summed E-state index contributed by atoms with van der Waals surface area (Å²) in [4.78, 5) is 27.2. The van der Waals surface area contributed by atoms with Crippen LogP contribution in [0.4, 0.5) is 0 Å². The second kappa shape index (κ2) is 20.2. The first-order valence-electron chi connectivity index (χ1n) is 20.3. The van der Waals surface area contributed by atoms with E-state index >= 15 is 0 Å². The van der Waals surface area contributed by atoms with Crippen LogP contribution in [-0.4, -0.2) is 117 Å². The van der Waals surface area contributed by atoms with Crippen molar-refractivity contribution in [3.05, 3.63) is 71.8 Å². The Morgan fingerprint density at radius 2 is 1.14 bits per heavy atom. The Labute approximate surface area is 353 Å². The number of carbonyl (C=O) groups excluding carboxylic acids is 2. The van der Waals surface area contributed by atoms with Crippen molar-refractivity contribution in [2.24, 2.45) is 0 Å². The molecule has 2 heterocycles. The number of carbonyl (C=O) groups is 2. The largest absolute Gasteiger partial charge is 0.497 e. The van der Waals surface area contributed by atoms with Crippen molar-refractivity contribution in [3.8, 4) is 11.5 Å². The molecule has 0 unspecified atom stereocenters. The zero-order valence-electron chi connectivity index (χ0n) is 37.4. The van der Waals surface area contributed by atoms with Gasteiger partial charge in [-0.3, -0.25) is 0 Å². The molecule has 2 aromatic rings. The van der Waals surface area contributed by atoms with Gasteiger partial charge in [0.05, 0.1) is 43.7 Å². The number of methoxy groups -OCH3 is 4. The summed E-state index contributed by atoms with van der Waals surface area (Å²) >= 11 is 0. The van der Waals surface area contributed by atoms with Gasteiger partial charge in [0.1, 0.15) is 29.8 Å². The number of hydrogen-bond acceptors (Lipinski definition) is 13. The summed E-state index contributed by atoms with van der Waals surface area (Å²) in [5.41, 5.74) is 0.653. The highest BCUT2D eigenvalue weighted by molar-refractivity contribution is 6.74. The van der Waals surface area contributed by atoms with Gasteiger partial charge in [0, 0.05) is 33.5 Å². The van der Waals surface area contributed by atoms with Crippen LogP contribution in [0.2, 0.25) is 36.3 Å². The topological polar surface area (TPSA) is 147 Å². The van der Waals surface area contributed by atoms with Crippen LogP contribution in [0.25, 0.3) is 0 Å². The van der Waals surface area contributed by atoms with E-state index in [1.807, 2.05) is 0 Å². The minimum atomic E-state index is -2.58. The highest BCUT2D eigenvalue weighted by Crippen LogP contribution is 2.43. The molecular weight excluding hydrogens is 793 g/mol. The molecule has 0 aromatic heterocycles. The molecule has 4 rings (SSSR count). The normalized spacial score (nSPS) is 25.2. The number of ether oxygens (including phenoxy) is 8. The maximum atomic E-state index is 13.6. The molecule has 2 aliphatic rings. The van der Waals surface area contributed by atoms with Gasteiger partial charge in [0.2, 0.25) is 0 Å². The van der Waals surface area contributed by atoms with E-state index < -0.39 is 83.9 Å². The van der Waals surface area contributed by atoms with Crippen LogP contribution in [0.5, 0.6) is 11.5 Å². The quantitative estimate of drug-likeness (QED) is 0.0931. The first kappa shape index (κ1) is 48.5.